The van der Waals surface area contributed by atoms with Gasteiger partial charge < -0.3 is 4.90 Å². The van der Waals surface area contributed by atoms with Gasteiger partial charge in [0, 0.05) is 24.7 Å². The topological polar surface area (TPSA) is 61.4 Å². The van der Waals surface area contributed by atoms with Crippen LogP contribution in [0, 0.1) is 0 Å². The predicted octanol–water partition coefficient (Wildman–Crippen LogP) is 5.95. The molecule has 0 aliphatic carbocycles. The van der Waals surface area contributed by atoms with Crippen LogP contribution in [0.2, 0.25) is 0 Å². The Morgan fingerprint density at radius 1 is 1.03 bits per heavy atom. The number of amides is 2. The quantitative estimate of drug-likeness (QED) is 0.427. The summed E-state index contributed by atoms with van der Waals surface area (Å²) in [5, 5.41) is 2.83. The molecule has 6 nitrogen and oxygen atoms in total. The fourth-order valence-corrected chi connectivity index (χ4v) is 4.67. The molecule has 0 saturated carbocycles. The smallest absolute Gasteiger partial charge is 0.368 e. The summed E-state index contributed by atoms with van der Waals surface area (Å²) in [4.78, 5) is 26.1. The van der Waals surface area contributed by atoms with E-state index in [0.717, 1.165) is 43.8 Å². The van der Waals surface area contributed by atoms with Crippen LogP contribution in [-0.4, -0.2) is 35.1 Å². The summed E-state index contributed by atoms with van der Waals surface area (Å²) in [6.07, 6.45) is -2.90. The van der Waals surface area contributed by atoms with E-state index in [-0.39, 0.29) is 12.1 Å². The number of alkyl halides is 3. The van der Waals surface area contributed by atoms with Crippen molar-refractivity contribution in [3.63, 3.8) is 0 Å². The summed E-state index contributed by atoms with van der Waals surface area (Å²) in [6, 6.07) is 13.4. The molecule has 1 fully saturated rings. The average molecular weight is 518 g/mol. The third kappa shape index (κ3) is 4.27. The number of fused-ring (bicyclic) bond motifs is 2. The molecule has 1 saturated heterocycles. The molecule has 1 N–H and O–H groups in total. The van der Waals surface area contributed by atoms with Gasteiger partial charge in [-0.1, -0.05) is 18.2 Å². The molecule has 10 heteroatoms. The maximum atomic E-state index is 13.4. The number of hydrogen-bond donors (Lipinski definition) is 1. The number of nitrogens with zero attached hydrogens (tertiary/aromatic N) is 4. The molecule has 6 rings (SSSR count). The van der Waals surface area contributed by atoms with E-state index in [4.69, 9.17) is 4.98 Å². The van der Waals surface area contributed by atoms with Crippen LogP contribution in [0.3, 0.4) is 0 Å². The predicted molar refractivity (Wildman–Crippen MR) is 123 cm³/mol. The number of urea groups is 1. The highest BCUT2D eigenvalue weighted by atomic mass is 79.9. The number of rotatable bonds is 2. The number of halogens is 4. The minimum atomic E-state index is -4.45. The highest BCUT2D eigenvalue weighted by Gasteiger charge is 2.37. The molecule has 0 atom stereocenters. The van der Waals surface area contributed by atoms with Gasteiger partial charge in [-0.3, -0.25) is 10.2 Å². The van der Waals surface area contributed by atoms with E-state index in [1.807, 2.05) is 6.07 Å². The van der Waals surface area contributed by atoms with Crippen molar-refractivity contribution >= 4 is 39.3 Å². The molecule has 0 unspecified atom stereocenters. The molecule has 5 heterocycles. The van der Waals surface area contributed by atoms with Gasteiger partial charge in [0.25, 0.3) is 0 Å². The van der Waals surface area contributed by atoms with Crippen molar-refractivity contribution in [2.75, 3.05) is 28.2 Å². The number of carbonyl (C=O) groups is 1. The van der Waals surface area contributed by atoms with Gasteiger partial charge >= 0.3 is 12.2 Å². The lowest BCUT2D eigenvalue weighted by atomic mass is 10.1. The van der Waals surface area contributed by atoms with Crippen molar-refractivity contribution < 1.29 is 18.0 Å². The van der Waals surface area contributed by atoms with Crippen LogP contribution in [0.25, 0.3) is 11.3 Å². The van der Waals surface area contributed by atoms with E-state index >= 15 is 0 Å². The molecular formula is C23H19BrF3N5O. The molecule has 170 valence electrons. The van der Waals surface area contributed by atoms with E-state index in [2.05, 4.69) is 31.1 Å². The van der Waals surface area contributed by atoms with Crippen molar-refractivity contribution in [3.8, 4) is 11.3 Å². The second kappa shape index (κ2) is 8.33. The summed E-state index contributed by atoms with van der Waals surface area (Å²) >= 11 is 3.30. The van der Waals surface area contributed by atoms with Crippen molar-refractivity contribution in [2.45, 2.75) is 25.1 Å². The Hall–Kier alpha value is -3.14. The second-order valence-electron chi connectivity index (χ2n) is 7.98. The maximum Gasteiger partial charge on any atom is 0.416 e. The molecule has 3 aliphatic rings. The maximum absolute atomic E-state index is 13.4. The zero-order chi connectivity index (χ0) is 23.2. The Bertz CT molecular complexity index is 1210. The van der Waals surface area contributed by atoms with Gasteiger partial charge in [-0.15, -0.1) is 0 Å². The number of aromatic nitrogens is 2. The minimum Gasteiger partial charge on any atom is -0.368 e. The summed E-state index contributed by atoms with van der Waals surface area (Å²) in [7, 11) is 0. The normalized spacial score (nSPS) is 15.9. The third-order valence-corrected chi connectivity index (χ3v) is 6.35. The minimum absolute atomic E-state index is 0.0705. The first-order valence-electron chi connectivity index (χ1n) is 10.5. The van der Waals surface area contributed by atoms with Gasteiger partial charge in [0.15, 0.2) is 5.82 Å². The van der Waals surface area contributed by atoms with Gasteiger partial charge in [0.1, 0.15) is 10.4 Å². The van der Waals surface area contributed by atoms with Crippen LogP contribution in [-0.2, 0) is 6.18 Å². The Morgan fingerprint density at radius 3 is 2.52 bits per heavy atom. The number of pyridine rings is 2. The monoisotopic (exact) mass is 517 g/mol. The largest absolute Gasteiger partial charge is 0.416 e. The van der Waals surface area contributed by atoms with Crippen LogP contribution in [0.4, 0.5) is 35.3 Å². The van der Waals surface area contributed by atoms with Gasteiger partial charge in [-0.25, -0.2) is 14.8 Å². The summed E-state index contributed by atoms with van der Waals surface area (Å²) in [5.41, 5.74) is 0.771. The van der Waals surface area contributed by atoms with Crippen LogP contribution >= 0.6 is 15.9 Å². The first kappa shape index (κ1) is 21.7. The number of benzene rings is 1. The molecule has 2 amide bonds. The Balaban J connectivity index is 1.55. The summed E-state index contributed by atoms with van der Waals surface area (Å²) < 4.78 is 40.3. The van der Waals surface area contributed by atoms with Crippen molar-refractivity contribution in [2.24, 2.45) is 0 Å². The van der Waals surface area contributed by atoms with E-state index in [1.165, 1.54) is 6.07 Å². The van der Waals surface area contributed by atoms with Gasteiger partial charge in [-0.05, 0) is 65.2 Å². The zero-order valence-corrected chi connectivity index (χ0v) is 18.9. The molecule has 3 aromatic rings. The van der Waals surface area contributed by atoms with Crippen molar-refractivity contribution in [3.05, 3.63) is 64.8 Å². The van der Waals surface area contributed by atoms with E-state index in [0.29, 0.717) is 27.5 Å². The third-order valence-electron chi connectivity index (χ3n) is 5.91. The van der Waals surface area contributed by atoms with Crippen LogP contribution in [0.15, 0.2) is 59.2 Å². The highest BCUT2D eigenvalue weighted by Crippen LogP contribution is 2.40. The fraction of sp³-hybridized carbons (Fsp3) is 0.261. The standard InChI is InChI=1S/C23H19BrF3N5O/c24-19-5-2-6-20(29-19)30-22(33)32-16-9-11-31(12-10-16)18-8-7-17(28-21(18)32)14-3-1-4-15(13-14)23(25,26)27/h1-8,13,16H,9-12H2,(H,29,30,33). The van der Waals surface area contributed by atoms with Gasteiger partial charge in [-0.2, -0.15) is 13.2 Å². The summed E-state index contributed by atoms with van der Waals surface area (Å²) in [5.74, 6) is 0.835. The number of nitrogens with one attached hydrogen (secondary N) is 1. The first-order valence-corrected chi connectivity index (χ1v) is 11.3. The van der Waals surface area contributed by atoms with Crippen LogP contribution in [0.1, 0.15) is 18.4 Å². The Kier molecular flexibility index (Phi) is 5.48. The molecule has 0 spiro atoms. The second-order valence-corrected chi connectivity index (χ2v) is 8.79. The van der Waals surface area contributed by atoms with Gasteiger partial charge in [0.2, 0.25) is 0 Å². The van der Waals surface area contributed by atoms with Crippen LogP contribution < -0.4 is 15.1 Å². The number of hydrogen-bond acceptors (Lipinski definition) is 4. The van der Waals surface area contributed by atoms with E-state index < -0.39 is 11.7 Å². The van der Waals surface area contributed by atoms with Crippen molar-refractivity contribution in [1.82, 2.24) is 9.97 Å². The van der Waals surface area contributed by atoms with Crippen LogP contribution in [0.5, 0.6) is 0 Å². The van der Waals surface area contributed by atoms with E-state index in [1.54, 1.807) is 35.2 Å². The summed E-state index contributed by atoms with van der Waals surface area (Å²) in [6.45, 7) is 1.56. The Labute approximate surface area is 196 Å². The lowest BCUT2D eigenvalue weighted by molar-refractivity contribution is -0.137. The van der Waals surface area contributed by atoms with E-state index in [9.17, 15) is 18.0 Å². The number of carbonyl (C=O) groups excluding carboxylic acids is 1. The highest BCUT2D eigenvalue weighted by molar-refractivity contribution is 9.10. The lowest BCUT2D eigenvalue weighted by Crippen LogP contribution is -2.46. The molecule has 0 radical (unpaired) electrons. The van der Waals surface area contributed by atoms with Gasteiger partial charge in [0.05, 0.1) is 16.9 Å². The number of anilines is 3. The Morgan fingerprint density at radius 2 is 1.79 bits per heavy atom. The molecule has 2 bridgehead atoms. The first-order chi connectivity index (χ1) is 15.8. The van der Waals surface area contributed by atoms with Crippen molar-refractivity contribution in [1.29, 1.82) is 0 Å². The zero-order valence-electron chi connectivity index (χ0n) is 17.3. The molecule has 2 aromatic heterocycles. The SMILES string of the molecule is O=C(Nc1cccc(Br)n1)N1c2nc(-c3cccc(C(F)(F)F)c3)ccc2N2CCC1CC2. The molecule has 33 heavy (non-hydrogen) atoms. The fourth-order valence-electron chi connectivity index (χ4n) is 4.33. The molecule has 1 aromatic carbocycles. The lowest BCUT2D eigenvalue weighted by Gasteiger charge is -2.31. The molecule has 3 aliphatic heterocycles. The molecular weight excluding hydrogens is 499 g/mol. The average Bonchev–Trinajstić information content (AvgIpc) is 3.04. The number of piperidine rings is 1.